The van der Waals surface area contributed by atoms with Crippen molar-refractivity contribution >= 4 is 17.5 Å². The first-order valence-electron chi connectivity index (χ1n) is 9.19. The highest BCUT2D eigenvalue weighted by Gasteiger charge is 2.49. The lowest BCUT2D eigenvalue weighted by atomic mass is 9.89. The molecule has 1 aromatic rings. The average Bonchev–Trinajstić information content (AvgIpc) is 2.63. The van der Waals surface area contributed by atoms with Gasteiger partial charge in [0.05, 0.1) is 0 Å². The van der Waals surface area contributed by atoms with Crippen LogP contribution in [0.15, 0.2) is 30.3 Å². The topological polar surface area (TPSA) is 64.6 Å². The van der Waals surface area contributed by atoms with E-state index in [0.717, 1.165) is 5.56 Å². The maximum atomic E-state index is 13.5. The van der Waals surface area contributed by atoms with Crippen LogP contribution in [0.5, 0.6) is 0 Å². The minimum atomic E-state index is -4.51. The minimum Gasteiger partial charge on any atom is -0.598 e. The van der Waals surface area contributed by atoms with Crippen molar-refractivity contribution in [3.8, 4) is 0 Å². The zero-order valence-electron chi connectivity index (χ0n) is 16.3. The van der Waals surface area contributed by atoms with Gasteiger partial charge < -0.3 is 14.2 Å². The lowest BCUT2D eigenvalue weighted by Gasteiger charge is -2.37. The number of alkyl halides is 3. The molecule has 1 amide bonds. The summed E-state index contributed by atoms with van der Waals surface area (Å²) >= 11 is -1.83. The standard InChI is InChI=1S/C19H27F3N2O3S/c1-18(2,3)28(26)23-16(19(20,21)22)15-9-11-24(12-10-15)17(25)27-13-14-7-5-4-6-8-14/h4-8,15-16,23H,9-13H2,1-3H3/t16-,28+/m1/s1. The number of nitrogens with zero attached hydrogens (tertiary/aromatic N) is 1. The molecule has 0 spiro atoms. The van der Waals surface area contributed by atoms with Crippen LogP contribution in [0.1, 0.15) is 39.2 Å². The van der Waals surface area contributed by atoms with Crippen molar-refractivity contribution < 1.29 is 27.3 Å². The van der Waals surface area contributed by atoms with Gasteiger partial charge in [-0.25, -0.2) is 4.79 Å². The molecular weight excluding hydrogens is 393 g/mol. The van der Waals surface area contributed by atoms with Gasteiger partial charge in [-0.3, -0.25) is 0 Å². The Morgan fingerprint density at radius 1 is 1.25 bits per heavy atom. The van der Waals surface area contributed by atoms with Gasteiger partial charge in [0.1, 0.15) is 11.4 Å². The zero-order chi connectivity index (χ0) is 20.9. The number of benzene rings is 1. The van der Waals surface area contributed by atoms with E-state index in [-0.39, 0.29) is 32.5 Å². The van der Waals surface area contributed by atoms with Crippen LogP contribution in [0.4, 0.5) is 18.0 Å². The first-order chi connectivity index (χ1) is 13.0. The maximum absolute atomic E-state index is 13.5. The molecule has 0 aromatic heterocycles. The summed E-state index contributed by atoms with van der Waals surface area (Å²) in [5.74, 6) is -0.746. The molecule has 1 heterocycles. The molecule has 0 aliphatic carbocycles. The average molecular weight is 420 g/mol. The van der Waals surface area contributed by atoms with E-state index in [4.69, 9.17) is 4.74 Å². The summed E-state index contributed by atoms with van der Waals surface area (Å²) < 4.78 is 59.4. The van der Waals surface area contributed by atoms with Crippen LogP contribution >= 0.6 is 0 Å². The predicted molar refractivity (Wildman–Crippen MR) is 102 cm³/mol. The molecule has 1 fully saturated rings. The van der Waals surface area contributed by atoms with Crippen molar-refractivity contribution in [2.24, 2.45) is 5.92 Å². The Balaban J connectivity index is 1.89. The Bertz CT molecular complexity index is 630. The Kier molecular flexibility index (Phi) is 7.64. The third-order valence-electron chi connectivity index (χ3n) is 4.62. The molecule has 1 N–H and O–H groups in total. The van der Waals surface area contributed by atoms with E-state index in [1.165, 1.54) is 4.90 Å². The Morgan fingerprint density at radius 3 is 2.32 bits per heavy atom. The van der Waals surface area contributed by atoms with Gasteiger partial charge in [0.15, 0.2) is 6.04 Å². The second-order valence-corrected chi connectivity index (χ2v) is 9.88. The molecule has 1 aliphatic heterocycles. The molecule has 0 bridgehead atoms. The minimum absolute atomic E-state index is 0.122. The van der Waals surface area contributed by atoms with E-state index >= 15 is 0 Å². The van der Waals surface area contributed by atoms with E-state index in [1.54, 1.807) is 20.8 Å². The number of nitrogens with one attached hydrogen (secondary N) is 1. The molecule has 1 aliphatic rings. The maximum Gasteiger partial charge on any atom is 0.410 e. The van der Waals surface area contributed by atoms with Gasteiger partial charge in [0.25, 0.3) is 0 Å². The van der Waals surface area contributed by atoms with E-state index in [1.807, 2.05) is 30.3 Å². The van der Waals surface area contributed by atoms with Gasteiger partial charge >= 0.3 is 12.3 Å². The van der Waals surface area contributed by atoms with Crippen molar-refractivity contribution in [2.45, 2.75) is 57.2 Å². The summed E-state index contributed by atoms with van der Waals surface area (Å²) in [6.45, 7) is 5.33. The second kappa shape index (κ2) is 9.37. The third kappa shape index (κ3) is 6.56. The van der Waals surface area contributed by atoms with Gasteiger partial charge in [-0.1, -0.05) is 30.3 Å². The van der Waals surface area contributed by atoms with Crippen molar-refractivity contribution in [1.82, 2.24) is 9.62 Å². The predicted octanol–water partition coefficient (Wildman–Crippen LogP) is 4.02. The fraction of sp³-hybridized carbons (Fsp3) is 0.632. The van der Waals surface area contributed by atoms with Crippen LogP contribution in [0.3, 0.4) is 0 Å². The highest BCUT2D eigenvalue weighted by Crippen LogP contribution is 2.33. The summed E-state index contributed by atoms with van der Waals surface area (Å²) in [6.07, 6.45) is -4.71. The lowest BCUT2D eigenvalue weighted by Crippen LogP contribution is -2.56. The molecular formula is C19H27F3N2O3S. The molecule has 2 rings (SSSR count). The molecule has 0 unspecified atom stereocenters. The fourth-order valence-electron chi connectivity index (χ4n) is 2.95. The highest BCUT2D eigenvalue weighted by atomic mass is 32.2. The molecule has 28 heavy (non-hydrogen) atoms. The number of ether oxygens (including phenoxy) is 1. The number of carbonyl (C=O) groups is 1. The van der Waals surface area contributed by atoms with Crippen LogP contribution in [-0.2, 0) is 22.7 Å². The Morgan fingerprint density at radius 2 is 1.82 bits per heavy atom. The fourth-order valence-corrected chi connectivity index (χ4v) is 3.86. The molecule has 1 aromatic carbocycles. The van der Waals surface area contributed by atoms with E-state index in [2.05, 4.69) is 4.72 Å². The third-order valence-corrected chi connectivity index (χ3v) is 6.20. The molecule has 5 nitrogen and oxygen atoms in total. The van der Waals surface area contributed by atoms with E-state index < -0.39 is 40.3 Å². The van der Waals surface area contributed by atoms with Crippen molar-refractivity contribution in [3.63, 3.8) is 0 Å². The van der Waals surface area contributed by atoms with Crippen molar-refractivity contribution in [2.75, 3.05) is 13.1 Å². The first-order valence-corrected chi connectivity index (χ1v) is 10.3. The number of piperidine rings is 1. The molecule has 158 valence electrons. The number of hydrogen-bond donors (Lipinski definition) is 1. The quantitative estimate of drug-likeness (QED) is 0.731. The summed E-state index contributed by atoms with van der Waals surface area (Å²) in [4.78, 5) is 13.6. The largest absolute Gasteiger partial charge is 0.598 e. The van der Waals surface area contributed by atoms with Crippen LogP contribution in [-0.4, -0.2) is 45.6 Å². The monoisotopic (exact) mass is 420 g/mol. The van der Waals surface area contributed by atoms with Crippen molar-refractivity contribution in [3.05, 3.63) is 35.9 Å². The smallest absolute Gasteiger partial charge is 0.410 e. The number of carbonyl (C=O) groups excluding carboxylic acids is 1. The second-order valence-electron chi connectivity index (χ2n) is 7.88. The van der Waals surface area contributed by atoms with Gasteiger partial charge in [-0.05, 0) is 45.1 Å². The number of rotatable bonds is 5. The van der Waals surface area contributed by atoms with Crippen LogP contribution in [0.2, 0.25) is 0 Å². The lowest BCUT2D eigenvalue weighted by molar-refractivity contribution is -0.166. The number of amides is 1. The van der Waals surface area contributed by atoms with Gasteiger partial charge in [-0.2, -0.15) is 13.2 Å². The van der Waals surface area contributed by atoms with Crippen LogP contribution in [0.25, 0.3) is 0 Å². The Labute approximate surface area is 166 Å². The summed E-state index contributed by atoms with van der Waals surface area (Å²) in [5, 5.41) is 0. The molecule has 2 atom stereocenters. The number of hydrogen-bond acceptors (Lipinski definition) is 4. The van der Waals surface area contributed by atoms with E-state index in [9.17, 15) is 22.5 Å². The SMILES string of the molecule is CC(C)(C)[S@+]([O-])N[C@H](C1CCN(C(=O)OCc2ccccc2)CC1)C(F)(F)F. The highest BCUT2D eigenvalue weighted by molar-refractivity contribution is 7.90. The summed E-state index contributed by atoms with van der Waals surface area (Å²) in [5.41, 5.74) is 0.844. The molecule has 0 saturated carbocycles. The first kappa shape index (κ1) is 22.8. The van der Waals surface area contributed by atoms with Gasteiger partial charge in [0.2, 0.25) is 0 Å². The van der Waals surface area contributed by atoms with Crippen molar-refractivity contribution in [1.29, 1.82) is 0 Å². The molecule has 0 radical (unpaired) electrons. The van der Waals surface area contributed by atoms with Crippen LogP contribution < -0.4 is 4.72 Å². The number of halogens is 3. The molecule has 1 saturated heterocycles. The number of likely N-dealkylation sites (tertiary alicyclic amines) is 1. The molecule has 9 heteroatoms. The van der Waals surface area contributed by atoms with E-state index in [0.29, 0.717) is 0 Å². The normalized spacial score (nSPS) is 18.6. The van der Waals surface area contributed by atoms with Gasteiger partial charge in [0, 0.05) is 24.5 Å². The summed E-state index contributed by atoms with van der Waals surface area (Å²) in [7, 11) is 0. The Hall–Kier alpha value is -1.45. The zero-order valence-corrected chi connectivity index (χ0v) is 17.1. The summed E-state index contributed by atoms with van der Waals surface area (Å²) in [6, 6.07) is 7.31. The van der Waals surface area contributed by atoms with Gasteiger partial charge in [-0.15, -0.1) is 4.72 Å². The van der Waals surface area contributed by atoms with Crippen LogP contribution in [0, 0.1) is 5.92 Å².